The minimum atomic E-state index is -4.50. The Morgan fingerprint density at radius 3 is 2.74 bits per heavy atom. The summed E-state index contributed by atoms with van der Waals surface area (Å²) in [4.78, 5) is 13.0. The number of nitrogens with zero attached hydrogens (tertiary/aromatic N) is 3. The minimum absolute atomic E-state index is 0.0269. The van der Waals surface area contributed by atoms with E-state index >= 15 is 0 Å². The van der Waals surface area contributed by atoms with Crippen LogP contribution >= 0.6 is 0 Å². The summed E-state index contributed by atoms with van der Waals surface area (Å²) in [5.41, 5.74) is 0.762. The first-order valence-corrected chi connectivity index (χ1v) is 5.83. The third-order valence-corrected chi connectivity index (χ3v) is 2.69. The van der Waals surface area contributed by atoms with Gasteiger partial charge in [-0.15, -0.1) is 0 Å². The Hall–Kier alpha value is -1.73. The summed E-state index contributed by atoms with van der Waals surface area (Å²) < 4.78 is 41.9. The van der Waals surface area contributed by atoms with Gasteiger partial charge in [-0.1, -0.05) is 0 Å². The van der Waals surface area contributed by atoms with Gasteiger partial charge in [-0.3, -0.25) is 4.68 Å². The fraction of sp³-hybridized carbons (Fsp3) is 0.636. The predicted molar refractivity (Wildman–Crippen MR) is 59.2 cm³/mol. The van der Waals surface area contributed by atoms with Crippen LogP contribution in [-0.4, -0.2) is 39.6 Å². The summed E-state index contributed by atoms with van der Waals surface area (Å²) in [5.74, 6) is 0. The predicted octanol–water partition coefficient (Wildman–Crippen LogP) is 2.08. The van der Waals surface area contributed by atoms with Crippen LogP contribution in [0.4, 0.5) is 18.0 Å². The van der Waals surface area contributed by atoms with Crippen LogP contribution in [0.25, 0.3) is 0 Å². The molecule has 0 aromatic carbocycles. The molecule has 0 N–H and O–H groups in total. The van der Waals surface area contributed by atoms with Crippen LogP contribution in [0.15, 0.2) is 12.4 Å². The van der Waals surface area contributed by atoms with Crippen LogP contribution in [0.1, 0.15) is 18.4 Å². The molecule has 5 nitrogen and oxygen atoms in total. The van der Waals surface area contributed by atoms with E-state index in [4.69, 9.17) is 0 Å². The number of rotatable bonds is 4. The summed E-state index contributed by atoms with van der Waals surface area (Å²) in [7, 11) is 1.73. The van der Waals surface area contributed by atoms with Gasteiger partial charge < -0.3 is 9.64 Å². The molecule has 0 atom stereocenters. The van der Waals surface area contributed by atoms with E-state index in [1.54, 1.807) is 24.1 Å². The SMILES string of the molecule is Cn1cc(CN(C(=O)OCC(F)(F)F)C2CC2)cn1. The van der Waals surface area contributed by atoms with Crippen molar-refractivity contribution in [1.82, 2.24) is 14.7 Å². The lowest BCUT2D eigenvalue weighted by atomic mass is 10.3. The monoisotopic (exact) mass is 277 g/mol. The van der Waals surface area contributed by atoms with E-state index in [0.717, 1.165) is 18.4 Å². The average molecular weight is 277 g/mol. The number of ether oxygens (including phenoxy) is 1. The molecule has 1 saturated carbocycles. The molecule has 0 aliphatic heterocycles. The number of alkyl halides is 3. The van der Waals surface area contributed by atoms with Gasteiger partial charge in [-0.2, -0.15) is 18.3 Å². The van der Waals surface area contributed by atoms with Crippen LogP contribution in [0.3, 0.4) is 0 Å². The molecule has 1 aliphatic carbocycles. The zero-order valence-corrected chi connectivity index (χ0v) is 10.4. The van der Waals surface area contributed by atoms with E-state index in [-0.39, 0.29) is 12.6 Å². The maximum atomic E-state index is 12.0. The largest absolute Gasteiger partial charge is 0.440 e. The number of hydrogen-bond acceptors (Lipinski definition) is 3. The Kier molecular flexibility index (Phi) is 3.68. The number of aromatic nitrogens is 2. The number of hydrogen-bond donors (Lipinski definition) is 0. The Balaban J connectivity index is 1.94. The fourth-order valence-corrected chi connectivity index (χ4v) is 1.71. The third-order valence-electron chi connectivity index (χ3n) is 2.69. The third kappa shape index (κ3) is 4.15. The first-order valence-electron chi connectivity index (χ1n) is 5.83. The van der Waals surface area contributed by atoms with Crippen molar-refractivity contribution in [3.05, 3.63) is 18.0 Å². The van der Waals surface area contributed by atoms with Crippen LogP contribution in [0.5, 0.6) is 0 Å². The van der Waals surface area contributed by atoms with Crippen molar-refractivity contribution in [1.29, 1.82) is 0 Å². The molecule has 1 aromatic rings. The normalized spacial score (nSPS) is 15.4. The molecular weight excluding hydrogens is 263 g/mol. The summed E-state index contributed by atoms with van der Waals surface area (Å²) in [6.45, 7) is -1.34. The summed E-state index contributed by atoms with van der Waals surface area (Å²) >= 11 is 0. The van der Waals surface area contributed by atoms with E-state index in [1.165, 1.54) is 4.90 Å². The van der Waals surface area contributed by atoms with Crippen molar-refractivity contribution in [2.45, 2.75) is 31.6 Å². The van der Waals surface area contributed by atoms with E-state index < -0.39 is 18.9 Å². The van der Waals surface area contributed by atoms with E-state index in [9.17, 15) is 18.0 Å². The molecule has 0 unspecified atom stereocenters. The van der Waals surface area contributed by atoms with Crippen LogP contribution < -0.4 is 0 Å². The van der Waals surface area contributed by atoms with Crippen molar-refractivity contribution in [2.75, 3.05) is 6.61 Å². The van der Waals surface area contributed by atoms with Crippen molar-refractivity contribution in [3.8, 4) is 0 Å². The van der Waals surface area contributed by atoms with Gasteiger partial charge in [-0.05, 0) is 12.8 Å². The van der Waals surface area contributed by atoms with E-state index in [2.05, 4.69) is 9.84 Å². The second-order valence-corrected chi connectivity index (χ2v) is 4.55. The highest BCUT2D eigenvalue weighted by molar-refractivity contribution is 5.68. The van der Waals surface area contributed by atoms with E-state index in [0.29, 0.717) is 0 Å². The standard InChI is InChI=1S/C11H14F3N3O2/c1-16-5-8(4-15-16)6-17(9-2-3-9)10(18)19-7-11(12,13)14/h4-5,9H,2-3,6-7H2,1H3. The Morgan fingerprint density at radius 2 is 2.26 bits per heavy atom. The van der Waals surface area contributed by atoms with Gasteiger partial charge in [0.05, 0.1) is 12.7 Å². The summed E-state index contributed by atoms with van der Waals surface area (Å²) in [5, 5.41) is 3.95. The lowest BCUT2D eigenvalue weighted by Crippen LogP contribution is -2.35. The first-order chi connectivity index (χ1) is 8.85. The van der Waals surface area contributed by atoms with Gasteiger partial charge >= 0.3 is 12.3 Å². The molecule has 106 valence electrons. The molecule has 1 heterocycles. The lowest BCUT2D eigenvalue weighted by Gasteiger charge is -2.21. The zero-order chi connectivity index (χ0) is 14.0. The lowest BCUT2D eigenvalue weighted by molar-refractivity contribution is -0.162. The smallest absolute Gasteiger partial charge is 0.422 e. The van der Waals surface area contributed by atoms with Gasteiger partial charge in [-0.25, -0.2) is 4.79 Å². The fourth-order valence-electron chi connectivity index (χ4n) is 1.71. The molecule has 8 heteroatoms. The second kappa shape index (κ2) is 5.10. The average Bonchev–Trinajstić information content (AvgIpc) is 3.06. The van der Waals surface area contributed by atoms with Gasteiger partial charge in [0.25, 0.3) is 0 Å². The first kappa shape index (κ1) is 13.7. The quantitative estimate of drug-likeness (QED) is 0.846. The number of aryl methyl sites for hydroxylation is 1. The van der Waals surface area contributed by atoms with Crippen LogP contribution in [-0.2, 0) is 18.3 Å². The Bertz CT molecular complexity index is 454. The zero-order valence-electron chi connectivity index (χ0n) is 10.4. The van der Waals surface area contributed by atoms with Crippen LogP contribution in [0.2, 0.25) is 0 Å². The molecule has 0 radical (unpaired) electrons. The summed E-state index contributed by atoms with van der Waals surface area (Å²) in [6.07, 6.45) is -0.551. The number of carbonyl (C=O) groups is 1. The van der Waals surface area contributed by atoms with Crippen LogP contribution in [0, 0.1) is 0 Å². The maximum absolute atomic E-state index is 12.0. The van der Waals surface area contributed by atoms with Crippen molar-refractivity contribution in [2.24, 2.45) is 7.05 Å². The van der Waals surface area contributed by atoms with Crippen molar-refractivity contribution < 1.29 is 22.7 Å². The van der Waals surface area contributed by atoms with Gasteiger partial charge in [0.15, 0.2) is 6.61 Å². The molecular formula is C11H14F3N3O2. The maximum Gasteiger partial charge on any atom is 0.422 e. The number of halogens is 3. The molecule has 1 amide bonds. The molecule has 1 aliphatic rings. The number of carbonyl (C=O) groups excluding carboxylic acids is 1. The Labute approximate surface area is 107 Å². The molecule has 2 rings (SSSR count). The molecule has 0 saturated heterocycles. The van der Waals surface area contributed by atoms with Gasteiger partial charge in [0.1, 0.15) is 0 Å². The molecule has 1 fully saturated rings. The molecule has 1 aromatic heterocycles. The molecule has 0 spiro atoms. The molecule has 0 bridgehead atoms. The van der Waals surface area contributed by atoms with Crippen molar-refractivity contribution in [3.63, 3.8) is 0 Å². The van der Waals surface area contributed by atoms with Gasteiger partial charge in [0.2, 0.25) is 0 Å². The summed E-state index contributed by atoms with van der Waals surface area (Å²) in [6, 6.07) is -0.0269. The number of amides is 1. The van der Waals surface area contributed by atoms with E-state index in [1.807, 2.05) is 0 Å². The second-order valence-electron chi connectivity index (χ2n) is 4.55. The highest BCUT2D eigenvalue weighted by atomic mass is 19.4. The Morgan fingerprint density at radius 1 is 1.58 bits per heavy atom. The topological polar surface area (TPSA) is 47.4 Å². The van der Waals surface area contributed by atoms with Gasteiger partial charge in [0, 0.05) is 24.8 Å². The molecule has 19 heavy (non-hydrogen) atoms. The highest BCUT2D eigenvalue weighted by Gasteiger charge is 2.36. The minimum Gasteiger partial charge on any atom is -0.440 e. The highest BCUT2D eigenvalue weighted by Crippen LogP contribution is 2.29. The van der Waals surface area contributed by atoms with Crippen molar-refractivity contribution >= 4 is 6.09 Å².